The molecule has 0 saturated carbocycles. The van der Waals surface area contributed by atoms with Gasteiger partial charge in [-0.25, -0.2) is 9.97 Å². The van der Waals surface area contributed by atoms with Gasteiger partial charge in [0, 0.05) is 0 Å². The molecule has 1 aromatic heterocycles. The van der Waals surface area contributed by atoms with Gasteiger partial charge in [-0.05, 0) is 40.7 Å². The first kappa shape index (κ1) is 14.5. The zero-order valence-corrected chi connectivity index (χ0v) is 13.5. The molecule has 90 valence electrons. The molecule has 0 N–H and O–H groups in total. The second-order valence-electron chi connectivity index (χ2n) is 3.95. The summed E-state index contributed by atoms with van der Waals surface area (Å²) in [5.41, 5.74) is 1.06. The molecule has 0 aliphatic carbocycles. The highest BCUT2D eigenvalue weighted by Crippen LogP contribution is 2.21. The summed E-state index contributed by atoms with van der Waals surface area (Å²) in [4.78, 5) is 8.83. The van der Waals surface area contributed by atoms with Crippen molar-refractivity contribution in [3.8, 4) is 0 Å². The number of aryl methyl sites for hydroxylation is 1. The third-order valence-electron chi connectivity index (χ3n) is 1.94. The molecule has 0 radical (unpaired) electrons. The zero-order chi connectivity index (χ0) is 12.1. The lowest BCUT2D eigenvalue weighted by Gasteiger charge is -2.07. The van der Waals surface area contributed by atoms with Crippen LogP contribution in [-0.2, 0) is 12.2 Å². The molecule has 0 bridgehead atoms. The molecule has 2 nitrogen and oxygen atoms in total. The summed E-state index contributed by atoms with van der Waals surface area (Å²) < 4.78 is 0.986. The summed E-state index contributed by atoms with van der Waals surface area (Å²) in [5, 5.41) is 0.590. The Bertz CT molecular complexity index is 358. The fourth-order valence-corrected chi connectivity index (χ4v) is 2.93. The first-order valence-electron chi connectivity index (χ1n) is 5.33. The number of thioether (sulfide) groups is 1. The Morgan fingerprint density at radius 1 is 1.38 bits per heavy atom. The Balaban J connectivity index is 2.70. The van der Waals surface area contributed by atoms with E-state index in [0.717, 1.165) is 33.0 Å². The molecular weight excluding hydrogens is 355 g/mol. The maximum Gasteiger partial charge on any atom is 0.146 e. The van der Waals surface area contributed by atoms with Gasteiger partial charge >= 0.3 is 0 Å². The summed E-state index contributed by atoms with van der Waals surface area (Å²) in [6.45, 7) is 6.52. The minimum Gasteiger partial charge on any atom is -0.236 e. The molecule has 0 atom stereocenters. The number of nitrogens with zero attached hydrogens (tertiary/aromatic N) is 2. The largest absolute Gasteiger partial charge is 0.236 e. The molecule has 0 fully saturated rings. The molecule has 0 aromatic carbocycles. The Morgan fingerprint density at radius 2 is 2.06 bits per heavy atom. The van der Waals surface area contributed by atoms with Crippen LogP contribution in [0.15, 0.2) is 0 Å². The number of rotatable bonds is 5. The average molecular weight is 371 g/mol. The van der Waals surface area contributed by atoms with Gasteiger partial charge in [0.2, 0.25) is 0 Å². The highest BCUT2D eigenvalue weighted by atomic mass is 127. The van der Waals surface area contributed by atoms with Gasteiger partial charge in [-0.2, -0.15) is 11.8 Å². The molecule has 0 unspecified atom stereocenters. The average Bonchev–Trinajstić information content (AvgIpc) is 2.22. The Kier molecular flexibility index (Phi) is 6.36. The topological polar surface area (TPSA) is 25.8 Å². The van der Waals surface area contributed by atoms with Gasteiger partial charge in [0.1, 0.15) is 11.0 Å². The second kappa shape index (κ2) is 7.01. The predicted octanol–water partition coefficient (Wildman–Crippen LogP) is 4.19. The highest BCUT2D eigenvalue weighted by Gasteiger charge is 2.09. The van der Waals surface area contributed by atoms with Crippen molar-refractivity contribution in [2.24, 2.45) is 5.92 Å². The lowest BCUT2D eigenvalue weighted by Crippen LogP contribution is -2.02. The number of halogens is 2. The first-order chi connectivity index (χ1) is 7.54. The van der Waals surface area contributed by atoms with E-state index in [-0.39, 0.29) is 0 Å². The van der Waals surface area contributed by atoms with Gasteiger partial charge in [-0.1, -0.05) is 32.4 Å². The van der Waals surface area contributed by atoms with E-state index >= 15 is 0 Å². The number of hydrogen-bond acceptors (Lipinski definition) is 3. The Morgan fingerprint density at radius 3 is 2.62 bits per heavy atom. The summed E-state index contributed by atoms with van der Waals surface area (Å²) in [7, 11) is 0. The van der Waals surface area contributed by atoms with Crippen molar-refractivity contribution in [1.29, 1.82) is 0 Å². The summed E-state index contributed by atoms with van der Waals surface area (Å²) in [6, 6.07) is 0. The van der Waals surface area contributed by atoms with E-state index in [0.29, 0.717) is 11.1 Å². The fraction of sp³-hybridized carbons (Fsp3) is 0.636. The van der Waals surface area contributed by atoms with Crippen molar-refractivity contribution >= 4 is 46.0 Å². The molecule has 0 amide bonds. The Labute approximate surface area is 120 Å². The minimum atomic E-state index is 0.590. The van der Waals surface area contributed by atoms with Crippen LogP contribution < -0.4 is 0 Å². The third-order valence-corrected chi connectivity index (χ3v) is 5.03. The van der Waals surface area contributed by atoms with E-state index in [1.54, 1.807) is 0 Å². The van der Waals surface area contributed by atoms with Crippen LogP contribution in [0.2, 0.25) is 5.15 Å². The molecule has 1 aromatic rings. The first-order valence-corrected chi connectivity index (χ1v) is 7.94. The normalized spacial score (nSPS) is 11.1. The van der Waals surface area contributed by atoms with Gasteiger partial charge in [0.25, 0.3) is 0 Å². The summed E-state index contributed by atoms with van der Waals surface area (Å²) in [6.07, 6.45) is 0.905. The number of aromatic nitrogens is 2. The van der Waals surface area contributed by atoms with E-state index < -0.39 is 0 Å². The van der Waals surface area contributed by atoms with Crippen molar-refractivity contribution in [3.05, 3.63) is 20.2 Å². The van der Waals surface area contributed by atoms with E-state index in [2.05, 4.69) is 53.3 Å². The smallest absolute Gasteiger partial charge is 0.146 e. The lowest BCUT2D eigenvalue weighted by atomic mass is 10.3. The fourth-order valence-electron chi connectivity index (χ4n) is 1.20. The van der Waals surface area contributed by atoms with Crippen LogP contribution in [0.3, 0.4) is 0 Å². The molecular formula is C11H16ClIN2S. The van der Waals surface area contributed by atoms with Crippen LogP contribution in [0.5, 0.6) is 0 Å². The van der Waals surface area contributed by atoms with Crippen molar-refractivity contribution in [3.63, 3.8) is 0 Å². The quantitative estimate of drug-likeness (QED) is 0.574. The van der Waals surface area contributed by atoms with Crippen LogP contribution in [-0.4, -0.2) is 15.7 Å². The van der Waals surface area contributed by atoms with Crippen molar-refractivity contribution in [1.82, 2.24) is 9.97 Å². The molecule has 1 rings (SSSR count). The Hall–Kier alpha value is 0.450. The molecule has 0 spiro atoms. The van der Waals surface area contributed by atoms with Crippen LogP contribution in [0.1, 0.15) is 32.3 Å². The molecule has 1 heterocycles. The van der Waals surface area contributed by atoms with Gasteiger partial charge in [0.05, 0.1) is 15.0 Å². The van der Waals surface area contributed by atoms with Crippen molar-refractivity contribution in [2.75, 3.05) is 5.75 Å². The van der Waals surface area contributed by atoms with Gasteiger partial charge < -0.3 is 0 Å². The van der Waals surface area contributed by atoms with Crippen molar-refractivity contribution < 1.29 is 0 Å². The van der Waals surface area contributed by atoms with E-state index in [1.807, 2.05) is 11.8 Å². The maximum atomic E-state index is 6.07. The van der Waals surface area contributed by atoms with Crippen LogP contribution in [0, 0.1) is 9.49 Å². The van der Waals surface area contributed by atoms with E-state index in [9.17, 15) is 0 Å². The molecule has 5 heteroatoms. The monoisotopic (exact) mass is 370 g/mol. The van der Waals surface area contributed by atoms with Gasteiger partial charge in [-0.3, -0.25) is 0 Å². The standard InChI is InChI=1S/C11H16ClIN2S/c1-4-8-10(13)11(12)15-9(14-8)6-16-5-7(2)3/h7H,4-6H2,1-3H3. The minimum absolute atomic E-state index is 0.590. The molecule has 0 saturated heterocycles. The number of hydrogen-bond donors (Lipinski definition) is 0. The van der Waals surface area contributed by atoms with Gasteiger partial charge in [0.15, 0.2) is 0 Å². The second-order valence-corrected chi connectivity index (χ2v) is 6.42. The summed E-state index contributed by atoms with van der Waals surface area (Å²) in [5.74, 6) is 3.54. The van der Waals surface area contributed by atoms with E-state index in [4.69, 9.17) is 11.6 Å². The molecule has 16 heavy (non-hydrogen) atoms. The predicted molar refractivity (Wildman–Crippen MR) is 80.1 cm³/mol. The van der Waals surface area contributed by atoms with Crippen LogP contribution in [0.4, 0.5) is 0 Å². The van der Waals surface area contributed by atoms with E-state index in [1.165, 1.54) is 0 Å². The highest BCUT2D eigenvalue weighted by molar-refractivity contribution is 14.1. The van der Waals surface area contributed by atoms with Crippen molar-refractivity contribution in [2.45, 2.75) is 32.9 Å². The maximum absolute atomic E-state index is 6.07. The lowest BCUT2D eigenvalue weighted by molar-refractivity contribution is 0.749. The van der Waals surface area contributed by atoms with Gasteiger partial charge in [-0.15, -0.1) is 0 Å². The zero-order valence-electron chi connectivity index (χ0n) is 9.76. The summed E-state index contributed by atoms with van der Waals surface area (Å²) >= 11 is 10.1. The third kappa shape index (κ3) is 4.37. The SMILES string of the molecule is CCc1nc(CSCC(C)C)nc(Cl)c1I. The molecule has 0 aliphatic heterocycles. The van der Waals surface area contributed by atoms with Crippen LogP contribution >= 0.6 is 46.0 Å². The molecule has 0 aliphatic rings. The van der Waals surface area contributed by atoms with Crippen LogP contribution in [0.25, 0.3) is 0 Å².